The summed E-state index contributed by atoms with van der Waals surface area (Å²) in [6.45, 7) is 2.35. The molecule has 0 heterocycles. The number of carbonyl (C=O) groups is 1. The summed E-state index contributed by atoms with van der Waals surface area (Å²) in [5.41, 5.74) is 0. The number of carbonyl (C=O) groups excluding carboxylic acids is 1. The molecule has 0 aromatic carbocycles. The van der Waals surface area contributed by atoms with E-state index in [1.807, 2.05) is 22.6 Å². The van der Waals surface area contributed by atoms with Crippen LogP contribution < -0.4 is 0 Å². The van der Waals surface area contributed by atoms with Crippen LogP contribution in [0.25, 0.3) is 0 Å². The van der Waals surface area contributed by atoms with Crippen molar-refractivity contribution in [1.82, 2.24) is 0 Å². The smallest absolute Gasteiger partial charge is 0.425 e. The quantitative estimate of drug-likeness (QED) is 0.387. The summed E-state index contributed by atoms with van der Waals surface area (Å²) in [6, 6.07) is 0. The number of rotatable bonds is 3. The van der Waals surface area contributed by atoms with Crippen molar-refractivity contribution < 1.29 is 22.7 Å². The van der Waals surface area contributed by atoms with Gasteiger partial charge in [-0.25, -0.2) is 0 Å². The summed E-state index contributed by atoms with van der Waals surface area (Å²) in [6.07, 6.45) is -6.54. The van der Waals surface area contributed by atoms with E-state index in [2.05, 4.69) is 4.74 Å². The maximum absolute atomic E-state index is 12.0. The molecule has 0 radical (unpaired) electrons. The van der Waals surface area contributed by atoms with Gasteiger partial charge in [0.2, 0.25) is 0 Å². The molecule has 7 heteroatoms. The molecule has 0 aliphatic rings. The predicted molar refractivity (Wildman–Crippen MR) is 62.9 cm³/mol. The van der Waals surface area contributed by atoms with Crippen molar-refractivity contribution in [2.24, 2.45) is 0 Å². The zero-order valence-electron chi connectivity index (χ0n) is 7.49. The van der Waals surface area contributed by atoms with Gasteiger partial charge in [-0.15, -0.1) is 0 Å². The van der Waals surface area contributed by atoms with E-state index in [4.69, 9.17) is 0 Å². The lowest BCUT2D eigenvalue weighted by Crippen LogP contribution is -2.39. The largest absolute Gasteiger partial charge is 0.452 e. The van der Waals surface area contributed by atoms with Crippen LogP contribution in [0.5, 0.6) is 0 Å². The van der Waals surface area contributed by atoms with Gasteiger partial charge in [-0.1, -0.05) is 45.2 Å². The monoisotopic (exact) mass is 436 g/mol. The summed E-state index contributed by atoms with van der Waals surface area (Å²) in [4.78, 5) is 11.2. The third-order valence-corrected chi connectivity index (χ3v) is 5.23. The summed E-state index contributed by atoms with van der Waals surface area (Å²) < 4.78 is 39.8. The minimum Gasteiger partial charge on any atom is -0.452 e. The lowest BCUT2D eigenvalue weighted by molar-refractivity contribution is -0.216. The van der Waals surface area contributed by atoms with E-state index in [1.54, 1.807) is 22.6 Å². The lowest BCUT2D eigenvalue weighted by atomic mass is 10.2. The number of alkyl halides is 5. The molecule has 0 bridgehead atoms. The molecular formula is C7H9F3I2O2. The standard InChI is InChI=1S/C7H9F3I2O2/c1-4(7(8,9)10)14-5(13)6(2,12)3-11/h4H,3H2,1-2H3. The number of ether oxygens (including phenoxy) is 1. The van der Waals surface area contributed by atoms with E-state index >= 15 is 0 Å². The SMILES string of the molecule is CC(OC(=O)C(C)(I)CI)C(F)(F)F. The van der Waals surface area contributed by atoms with Gasteiger partial charge in [-0.2, -0.15) is 13.2 Å². The Bertz CT molecular complexity index is 215. The maximum Gasteiger partial charge on any atom is 0.425 e. The van der Waals surface area contributed by atoms with Crippen LogP contribution in [0.15, 0.2) is 0 Å². The van der Waals surface area contributed by atoms with E-state index in [9.17, 15) is 18.0 Å². The second-order valence-corrected chi connectivity index (χ2v) is 6.06. The highest BCUT2D eigenvalue weighted by Gasteiger charge is 2.42. The Kier molecular flexibility index (Phi) is 5.44. The number of hydrogen-bond donors (Lipinski definition) is 0. The van der Waals surface area contributed by atoms with Crippen molar-refractivity contribution in [1.29, 1.82) is 0 Å². The second-order valence-electron chi connectivity index (χ2n) is 2.92. The fourth-order valence-electron chi connectivity index (χ4n) is 0.405. The third kappa shape index (κ3) is 4.49. The number of esters is 1. The zero-order valence-corrected chi connectivity index (χ0v) is 11.8. The molecule has 0 aliphatic heterocycles. The minimum atomic E-state index is -4.49. The molecule has 0 aliphatic carbocycles. The maximum atomic E-state index is 12.0. The Labute approximate surface area is 107 Å². The highest BCUT2D eigenvalue weighted by atomic mass is 127. The predicted octanol–water partition coefficient (Wildman–Crippen LogP) is 3.11. The summed E-state index contributed by atoms with van der Waals surface area (Å²) in [5.74, 6) is -0.836. The van der Waals surface area contributed by atoms with Gasteiger partial charge in [0, 0.05) is 4.43 Å². The molecule has 2 unspecified atom stereocenters. The average Bonchev–Trinajstić information content (AvgIpc) is 2.02. The van der Waals surface area contributed by atoms with Crippen LogP contribution in [0.1, 0.15) is 13.8 Å². The van der Waals surface area contributed by atoms with Crippen LogP contribution in [-0.4, -0.2) is 26.1 Å². The molecule has 84 valence electrons. The fourth-order valence-corrected chi connectivity index (χ4v) is 0.843. The Hall–Kier alpha value is 0.720. The van der Waals surface area contributed by atoms with Crippen molar-refractivity contribution in [3.8, 4) is 0 Å². The first kappa shape index (κ1) is 14.7. The highest BCUT2D eigenvalue weighted by molar-refractivity contribution is 14.1. The molecule has 2 atom stereocenters. The Balaban J connectivity index is 4.35. The average molecular weight is 436 g/mol. The minimum absolute atomic E-state index is 0.398. The van der Waals surface area contributed by atoms with Crippen LogP contribution in [0.2, 0.25) is 0 Å². The van der Waals surface area contributed by atoms with Gasteiger partial charge in [0.1, 0.15) is 3.42 Å². The molecule has 0 N–H and O–H groups in total. The lowest BCUT2D eigenvalue weighted by Gasteiger charge is -2.22. The molecule has 0 spiro atoms. The van der Waals surface area contributed by atoms with Crippen LogP contribution in [-0.2, 0) is 9.53 Å². The van der Waals surface area contributed by atoms with Gasteiger partial charge in [0.15, 0.2) is 6.10 Å². The molecule has 0 aromatic heterocycles. The van der Waals surface area contributed by atoms with Crippen LogP contribution in [0, 0.1) is 0 Å². The molecule has 14 heavy (non-hydrogen) atoms. The highest BCUT2D eigenvalue weighted by Crippen LogP contribution is 2.27. The van der Waals surface area contributed by atoms with E-state index in [-0.39, 0.29) is 0 Å². The van der Waals surface area contributed by atoms with Crippen molar-refractivity contribution in [2.75, 3.05) is 4.43 Å². The van der Waals surface area contributed by atoms with E-state index in [1.165, 1.54) is 6.92 Å². The molecule has 2 nitrogen and oxygen atoms in total. The van der Waals surface area contributed by atoms with Crippen LogP contribution in [0.4, 0.5) is 13.2 Å². The molecule has 0 amide bonds. The Morgan fingerprint density at radius 3 is 2.21 bits per heavy atom. The van der Waals surface area contributed by atoms with E-state index in [0.717, 1.165) is 6.92 Å². The molecule has 0 aromatic rings. The van der Waals surface area contributed by atoms with E-state index < -0.39 is 21.7 Å². The number of halogens is 5. The molecule has 0 fully saturated rings. The van der Waals surface area contributed by atoms with E-state index in [0.29, 0.717) is 4.43 Å². The zero-order chi connectivity index (χ0) is 11.6. The first-order valence-electron chi connectivity index (χ1n) is 3.64. The summed E-state index contributed by atoms with van der Waals surface area (Å²) in [5, 5.41) is 0. The second kappa shape index (κ2) is 5.17. The first-order chi connectivity index (χ1) is 6.11. The van der Waals surface area contributed by atoms with Gasteiger partial charge in [0.25, 0.3) is 0 Å². The third-order valence-electron chi connectivity index (χ3n) is 1.42. The fraction of sp³-hybridized carbons (Fsp3) is 0.857. The number of hydrogen-bond acceptors (Lipinski definition) is 2. The van der Waals surface area contributed by atoms with Crippen molar-refractivity contribution in [2.45, 2.75) is 29.5 Å². The van der Waals surface area contributed by atoms with Gasteiger partial charge < -0.3 is 4.74 Å². The Morgan fingerprint density at radius 1 is 1.50 bits per heavy atom. The van der Waals surface area contributed by atoms with Crippen molar-refractivity contribution in [3.05, 3.63) is 0 Å². The van der Waals surface area contributed by atoms with Gasteiger partial charge in [-0.3, -0.25) is 4.79 Å². The molecule has 0 saturated carbocycles. The molecule has 0 rings (SSSR count). The van der Waals surface area contributed by atoms with Crippen LogP contribution in [0.3, 0.4) is 0 Å². The summed E-state index contributed by atoms with van der Waals surface area (Å²) in [7, 11) is 0. The van der Waals surface area contributed by atoms with Gasteiger partial charge in [-0.05, 0) is 13.8 Å². The topological polar surface area (TPSA) is 26.3 Å². The van der Waals surface area contributed by atoms with Gasteiger partial charge in [0.05, 0.1) is 0 Å². The molecule has 0 saturated heterocycles. The van der Waals surface area contributed by atoms with Crippen LogP contribution >= 0.6 is 45.2 Å². The first-order valence-corrected chi connectivity index (χ1v) is 6.24. The van der Waals surface area contributed by atoms with Gasteiger partial charge >= 0.3 is 12.1 Å². The Morgan fingerprint density at radius 2 is 1.93 bits per heavy atom. The van der Waals surface area contributed by atoms with Crippen molar-refractivity contribution >= 4 is 51.2 Å². The van der Waals surface area contributed by atoms with Crippen molar-refractivity contribution in [3.63, 3.8) is 0 Å². The molecular weight excluding hydrogens is 427 g/mol. The normalized spacial score (nSPS) is 18.5. The summed E-state index contributed by atoms with van der Waals surface area (Å²) >= 11 is 3.70.